The predicted molar refractivity (Wildman–Crippen MR) is 158 cm³/mol. The van der Waals surface area contributed by atoms with Crippen molar-refractivity contribution in [1.82, 2.24) is 0 Å². The molecule has 0 aliphatic carbocycles. The van der Waals surface area contributed by atoms with Crippen LogP contribution in [0.5, 0.6) is 0 Å². The zero-order chi connectivity index (χ0) is 31.1. The summed E-state index contributed by atoms with van der Waals surface area (Å²) in [6, 6.07) is 4.24. The molecule has 2 aromatic carbocycles. The number of rotatable bonds is 8. The van der Waals surface area contributed by atoms with Gasteiger partial charge in [-0.25, -0.2) is 0 Å². The van der Waals surface area contributed by atoms with Crippen LogP contribution >= 0.6 is 28.5 Å². The van der Waals surface area contributed by atoms with Crippen LogP contribution < -0.4 is 0 Å². The SMILES string of the molecule is CC(=Nc1c(C)cc(C(F)(F)F)cc1C)C(CCCO[Si](C)(C)C)=Nc1c(C)cc(C(F)(F)F)cc1C.[Br][Ni][Br]. The summed E-state index contributed by atoms with van der Waals surface area (Å²) in [5.41, 5.74) is 1.87. The molecule has 0 saturated carbocycles. The van der Waals surface area contributed by atoms with Crippen LogP contribution in [0.15, 0.2) is 34.3 Å². The molecule has 0 N–H and O–H groups in total. The summed E-state index contributed by atoms with van der Waals surface area (Å²) in [7, 11) is -0.488. The minimum atomic E-state index is -4.47. The molecule has 13 heteroatoms. The van der Waals surface area contributed by atoms with Gasteiger partial charge in [-0.2, -0.15) is 26.3 Å². The molecule has 0 aromatic heterocycles. The fraction of sp³-hybridized carbons (Fsp3) is 0.481. The van der Waals surface area contributed by atoms with Gasteiger partial charge in [0.25, 0.3) is 0 Å². The number of hydrogen-bond donors (Lipinski definition) is 0. The van der Waals surface area contributed by atoms with Gasteiger partial charge in [-0.05, 0) is 114 Å². The molecular weight excluding hydrogens is 729 g/mol. The summed E-state index contributed by atoms with van der Waals surface area (Å²) in [6.07, 6.45) is -7.88. The standard InChI is InChI=1S/C27H34F6N2OSi.2BrH.Ni/c1-16-12-21(26(28,29)30)13-17(2)24(16)34-20(5)23(10-9-11-36-37(6,7)8)35-25-18(3)14-22(15-19(25)4)27(31,32)33;;;/h12-15H,9-11H2,1-8H3;2*1H;/q;;;+2/p-2. The maximum absolute atomic E-state index is 13.3. The summed E-state index contributed by atoms with van der Waals surface area (Å²) in [5, 5.41) is 0. The predicted octanol–water partition coefficient (Wildman–Crippen LogP) is 11.1. The van der Waals surface area contributed by atoms with Crippen molar-refractivity contribution in [3.05, 3.63) is 57.6 Å². The number of aliphatic imine (C=N–C) groups is 2. The van der Waals surface area contributed by atoms with E-state index in [-0.39, 0.29) is 0 Å². The summed E-state index contributed by atoms with van der Waals surface area (Å²) in [5.74, 6) is 0. The van der Waals surface area contributed by atoms with E-state index in [1.807, 2.05) is 0 Å². The normalized spacial score (nSPS) is 13.4. The molecule has 0 saturated heterocycles. The van der Waals surface area contributed by atoms with E-state index in [1.165, 1.54) is 10.9 Å². The topological polar surface area (TPSA) is 34.0 Å². The van der Waals surface area contributed by atoms with E-state index in [2.05, 4.69) is 53.1 Å². The van der Waals surface area contributed by atoms with Gasteiger partial charge in [0.1, 0.15) is 0 Å². The van der Waals surface area contributed by atoms with Gasteiger partial charge in [-0.1, -0.05) is 0 Å². The first-order valence-electron chi connectivity index (χ1n) is 12.2. The van der Waals surface area contributed by atoms with Gasteiger partial charge in [0.05, 0.1) is 33.9 Å². The molecule has 0 radical (unpaired) electrons. The first-order chi connectivity index (χ1) is 18.2. The Morgan fingerprint density at radius 3 is 1.45 bits per heavy atom. The first-order valence-corrected chi connectivity index (χ1v) is 20.5. The summed E-state index contributed by atoms with van der Waals surface area (Å²) in [6.45, 7) is 14.7. The summed E-state index contributed by atoms with van der Waals surface area (Å²) < 4.78 is 85.3. The molecule has 0 atom stereocenters. The Morgan fingerprint density at radius 1 is 0.775 bits per heavy atom. The molecule has 2 aromatic rings. The third-order valence-corrected chi connectivity index (χ3v) is 6.74. The van der Waals surface area contributed by atoms with Gasteiger partial charge < -0.3 is 4.43 Å². The van der Waals surface area contributed by atoms with Crippen molar-refractivity contribution in [1.29, 1.82) is 0 Å². The van der Waals surface area contributed by atoms with Gasteiger partial charge >= 0.3 is 51.7 Å². The molecule has 40 heavy (non-hydrogen) atoms. The molecule has 0 spiro atoms. The second-order valence-corrected chi connectivity index (χ2v) is 19.8. The van der Waals surface area contributed by atoms with Crippen molar-refractivity contribution in [3.8, 4) is 0 Å². The molecule has 3 nitrogen and oxygen atoms in total. The molecule has 228 valence electrons. The molecule has 0 heterocycles. The van der Waals surface area contributed by atoms with Crippen LogP contribution in [0.1, 0.15) is 53.1 Å². The molecule has 0 amide bonds. The monoisotopic (exact) mass is 760 g/mol. The number of alkyl halides is 6. The van der Waals surface area contributed by atoms with Crippen molar-refractivity contribution >= 4 is 59.6 Å². The average Bonchev–Trinajstić information content (AvgIpc) is 2.78. The zero-order valence-corrected chi connectivity index (χ0v) is 28.7. The van der Waals surface area contributed by atoms with Crippen LogP contribution in [0.4, 0.5) is 37.7 Å². The van der Waals surface area contributed by atoms with Crippen LogP contribution in [0.25, 0.3) is 0 Å². The van der Waals surface area contributed by atoms with E-state index in [9.17, 15) is 26.3 Å². The molecule has 0 unspecified atom stereocenters. The van der Waals surface area contributed by atoms with Gasteiger partial charge in [-0.15, -0.1) is 0 Å². The average molecular weight is 763 g/mol. The van der Waals surface area contributed by atoms with Crippen LogP contribution in [-0.4, -0.2) is 26.3 Å². The molecular formula is C27H34Br2F6N2NiOSi. The van der Waals surface area contributed by atoms with E-state index < -0.39 is 31.8 Å². The Labute approximate surface area is 253 Å². The Morgan fingerprint density at radius 2 is 1.12 bits per heavy atom. The van der Waals surface area contributed by atoms with E-state index in [1.54, 1.807) is 34.6 Å². The Bertz CT molecular complexity index is 1180. The van der Waals surface area contributed by atoms with Crippen LogP contribution in [0.3, 0.4) is 0 Å². The van der Waals surface area contributed by atoms with Crippen molar-refractivity contribution in [3.63, 3.8) is 0 Å². The number of aryl methyl sites for hydroxylation is 4. The number of benzene rings is 2. The van der Waals surface area contributed by atoms with Crippen molar-refractivity contribution < 1.29 is 41.7 Å². The number of hydrogen-bond acceptors (Lipinski definition) is 3. The Balaban J connectivity index is 0.00000254. The fourth-order valence-electron chi connectivity index (χ4n) is 3.89. The van der Waals surface area contributed by atoms with E-state index in [0.717, 1.165) is 24.3 Å². The first kappa shape index (κ1) is 37.0. The van der Waals surface area contributed by atoms with Gasteiger partial charge in [0, 0.05) is 6.61 Å². The van der Waals surface area contributed by atoms with Crippen LogP contribution in [0.2, 0.25) is 19.6 Å². The van der Waals surface area contributed by atoms with Crippen molar-refractivity contribution in [2.45, 2.75) is 79.5 Å². The molecule has 0 aliphatic heterocycles. The quantitative estimate of drug-likeness (QED) is 0.114. The molecule has 0 bridgehead atoms. The third kappa shape index (κ3) is 12.1. The van der Waals surface area contributed by atoms with Gasteiger partial charge in [0.15, 0.2) is 8.32 Å². The van der Waals surface area contributed by atoms with E-state index in [4.69, 9.17) is 9.42 Å². The second-order valence-electron chi connectivity index (χ2n) is 10.3. The molecule has 2 rings (SSSR count). The summed E-state index contributed by atoms with van der Waals surface area (Å²) in [4.78, 5) is 9.35. The molecule has 0 aliphatic rings. The van der Waals surface area contributed by atoms with Crippen molar-refractivity contribution in [2.24, 2.45) is 9.98 Å². The third-order valence-electron chi connectivity index (χ3n) is 5.67. The number of nitrogens with zero attached hydrogens (tertiary/aromatic N) is 2. The summed E-state index contributed by atoms with van der Waals surface area (Å²) >= 11 is 6.00. The van der Waals surface area contributed by atoms with Gasteiger partial charge in [-0.3, -0.25) is 9.98 Å². The van der Waals surface area contributed by atoms with Gasteiger partial charge in [0.2, 0.25) is 0 Å². The van der Waals surface area contributed by atoms with Crippen LogP contribution in [-0.2, 0) is 27.7 Å². The molecule has 0 fully saturated rings. The van der Waals surface area contributed by atoms with E-state index >= 15 is 0 Å². The van der Waals surface area contributed by atoms with Crippen molar-refractivity contribution in [2.75, 3.05) is 6.61 Å². The Kier molecular flexibility index (Phi) is 14.3. The minimum absolute atomic E-state index is 0.370. The van der Waals surface area contributed by atoms with E-state index in [0.29, 0.717) is 64.5 Å². The fourth-order valence-corrected chi connectivity index (χ4v) is 4.65. The second kappa shape index (κ2) is 15.5. The Hall–Kier alpha value is -1.01. The number of halogens is 8. The van der Waals surface area contributed by atoms with Crippen LogP contribution in [0, 0.1) is 27.7 Å². The maximum atomic E-state index is 13.3. The zero-order valence-electron chi connectivity index (χ0n) is 23.6.